The molecule has 4 rings (SSSR count). The molecule has 29 heavy (non-hydrogen) atoms. The maximum atomic E-state index is 12.6. The summed E-state index contributed by atoms with van der Waals surface area (Å²) in [7, 11) is 5.44. The van der Waals surface area contributed by atoms with Crippen molar-refractivity contribution in [1.29, 1.82) is 0 Å². The molecule has 0 atom stereocenters. The molecule has 2 heterocycles. The fraction of sp³-hybridized carbons (Fsp3) is 0.143. The lowest BCUT2D eigenvalue weighted by molar-refractivity contribution is 0.414. The van der Waals surface area contributed by atoms with E-state index in [-0.39, 0.29) is 11.4 Å². The van der Waals surface area contributed by atoms with Crippen molar-refractivity contribution in [3.8, 4) is 28.3 Å². The summed E-state index contributed by atoms with van der Waals surface area (Å²) >= 11 is 6.48. The van der Waals surface area contributed by atoms with E-state index in [0.717, 1.165) is 16.8 Å². The van der Waals surface area contributed by atoms with Crippen molar-refractivity contribution in [3.63, 3.8) is 0 Å². The Labute approximate surface area is 171 Å². The van der Waals surface area contributed by atoms with E-state index < -0.39 is 5.56 Å². The van der Waals surface area contributed by atoms with E-state index in [4.69, 9.17) is 16.3 Å². The van der Waals surface area contributed by atoms with Crippen LogP contribution < -0.4 is 15.2 Å². The monoisotopic (exact) mass is 410 g/mol. The highest BCUT2D eigenvalue weighted by Crippen LogP contribution is 2.36. The van der Waals surface area contributed by atoms with Crippen molar-refractivity contribution in [1.82, 2.24) is 14.8 Å². The van der Waals surface area contributed by atoms with E-state index in [1.807, 2.05) is 43.3 Å². The zero-order valence-electron chi connectivity index (χ0n) is 16.1. The van der Waals surface area contributed by atoms with Crippen molar-refractivity contribution < 1.29 is 9.84 Å². The molecule has 7 nitrogen and oxygen atoms in total. The van der Waals surface area contributed by atoms with Gasteiger partial charge in [0, 0.05) is 30.7 Å². The summed E-state index contributed by atoms with van der Waals surface area (Å²) in [6, 6.07) is 11.3. The predicted octanol–water partition coefficient (Wildman–Crippen LogP) is 3.81. The second-order valence-corrected chi connectivity index (χ2v) is 7.20. The largest absolute Gasteiger partial charge is 0.505 e. The second-order valence-electron chi connectivity index (χ2n) is 6.80. The van der Waals surface area contributed by atoms with E-state index in [1.165, 1.54) is 24.2 Å². The summed E-state index contributed by atoms with van der Waals surface area (Å²) in [6.07, 6.45) is 2.98. The van der Waals surface area contributed by atoms with Crippen LogP contribution in [0.1, 0.15) is 0 Å². The molecule has 0 spiro atoms. The number of methoxy groups -OCH3 is 1. The number of rotatable bonds is 4. The van der Waals surface area contributed by atoms with E-state index in [1.54, 1.807) is 12.1 Å². The summed E-state index contributed by atoms with van der Waals surface area (Å²) < 4.78 is 6.39. The third kappa shape index (κ3) is 3.30. The first-order valence-electron chi connectivity index (χ1n) is 8.84. The van der Waals surface area contributed by atoms with Crippen molar-refractivity contribution in [2.75, 3.05) is 26.1 Å². The van der Waals surface area contributed by atoms with Gasteiger partial charge in [0.25, 0.3) is 5.56 Å². The third-order valence-electron chi connectivity index (χ3n) is 4.77. The molecule has 148 valence electrons. The number of anilines is 1. The van der Waals surface area contributed by atoms with Crippen LogP contribution in [0, 0.1) is 0 Å². The number of hydrogen-bond donors (Lipinski definition) is 2. The Kier molecular flexibility index (Phi) is 4.68. The molecule has 0 aliphatic rings. The number of nitrogens with zero attached hydrogens (tertiary/aromatic N) is 3. The topological polar surface area (TPSA) is 83.4 Å². The number of nitrogens with one attached hydrogen (secondary N) is 1. The average molecular weight is 411 g/mol. The molecule has 0 aliphatic heterocycles. The van der Waals surface area contributed by atoms with Gasteiger partial charge in [-0.05, 0) is 29.8 Å². The molecule has 0 radical (unpaired) electrons. The Morgan fingerprint density at radius 2 is 1.93 bits per heavy atom. The lowest BCUT2D eigenvalue weighted by atomic mass is 10.0. The lowest BCUT2D eigenvalue weighted by Gasteiger charge is -2.14. The minimum Gasteiger partial charge on any atom is -0.505 e. The standard InChI is InChI=1S/C21H19ClN4O3/c1-25(2)13-6-4-12(5-7-13)15-8-16-18(9-17(15)22)24-21(28)19(20(16)27)26-11-14(29-3)10-23-26/h4-11H,1-3H3,(H2,24,27,28). The third-order valence-corrected chi connectivity index (χ3v) is 5.08. The molecule has 8 heteroatoms. The number of ether oxygens (including phenoxy) is 1. The Hall–Kier alpha value is -3.45. The van der Waals surface area contributed by atoms with Gasteiger partial charge in [0.05, 0.1) is 30.0 Å². The minimum absolute atomic E-state index is 0.0111. The van der Waals surface area contributed by atoms with Crippen molar-refractivity contribution in [3.05, 3.63) is 64.2 Å². The van der Waals surface area contributed by atoms with Gasteiger partial charge in [0.2, 0.25) is 0 Å². The summed E-state index contributed by atoms with van der Waals surface area (Å²) in [5.41, 5.74) is 2.67. The van der Waals surface area contributed by atoms with Crippen LogP contribution in [-0.2, 0) is 0 Å². The highest BCUT2D eigenvalue weighted by atomic mass is 35.5. The Bertz CT molecular complexity index is 1260. The second kappa shape index (κ2) is 7.18. The first-order chi connectivity index (χ1) is 13.9. The molecule has 0 fully saturated rings. The summed E-state index contributed by atoms with van der Waals surface area (Å²) in [5.74, 6) is 0.291. The summed E-state index contributed by atoms with van der Waals surface area (Å²) in [6.45, 7) is 0. The van der Waals surface area contributed by atoms with Gasteiger partial charge < -0.3 is 19.7 Å². The fourth-order valence-corrected chi connectivity index (χ4v) is 3.47. The zero-order chi connectivity index (χ0) is 20.7. The van der Waals surface area contributed by atoms with Crippen molar-refractivity contribution in [2.45, 2.75) is 0 Å². The quantitative estimate of drug-likeness (QED) is 0.534. The van der Waals surface area contributed by atoms with Crippen LogP contribution >= 0.6 is 11.6 Å². The van der Waals surface area contributed by atoms with Crippen LogP contribution in [0.2, 0.25) is 5.02 Å². The van der Waals surface area contributed by atoms with E-state index in [9.17, 15) is 9.90 Å². The summed E-state index contributed by atoms with van der Waals surface area (Å²) in [5, 5.41) is 15.9. The van der Waals surface area contributed by atoms with Crippen LogP contribution in [0.25, 0.3) is 27.7 Å². The number of aromatic nitrogens is 3. The molecule has 0 saturated heterocycles. The highest BCUT2D eigenvalue weighted by molar-refractivity contribution is 6.34. The van der Waals surface area contributed by atoms with Gasteiger partial charge in [0.15, 0.2) is 17.2 Å². The van der Waals surface area contributed by atoms with Crippen LogP contribution in [0.3, 0.4) is 0 Å². The Balaban J connectivity index is 1.90. The van der Waals surface area contributed by atoms with Crippen LogP contribution in [0.5, 0.6) is 11.5 Å². The maximum absolute atomic E-state index is 12.6. The van der Waals surface area contributed by atoms with Crippen molar-refractivity contribution >= 4 is 28.2 Å². The predicted molar refractivity (Wildman–Crippen MR) is 115 cm³/mol. The number of halogens is 1. The van der Waals surface area contributed by atoms with Gasteiger partial charge in [-0.25, -0.2) is 4.68 Å². The van der Waals surface area contributed by atoms with Gasteiger partial charge in [-0.2, -0.15) is 5.10 Å². The number of hydrogen-bond acceptors (Lipinski definition) is 5. The smallest absolute Gasteiger partial charge is 0.278 e. The summed E-state index contributed by atoms with van der Waals surface area (Å²) in [4.78, 5) is 17.3. The first-order valence-corrected chi connectivity index (χ1v) is 9.22. The molecule has 2 N–H and O–H groups in total. The fourth-order valence-electron chi connectivity index (χ4n) is 3.20. The van der Waals surface area contributed by atoms with Gasteiger partial charge in [-0.15, -0.1) is 0 Å². The van der Waals surface area contributed by atoms with E-state index >= 15 is 0 Å². The number of benzene rings is 2. The average Bonchev–Trinajstić information content (AvgIpc) is 3.16. The Morgan fingerprint density at radius 3 is 2.55 bits per heavy atom. The molecular weight excluding hydrogens is 392 g/mol. The number of pyridine rings is 1. The van der Waals surface area contributed by atoms with Crippen LogP contribution in [0.4, 0.5) is 5.69 Å². The van der Waals surface area contributed by atoms with Crippen LogP contribution in [-0.4, -0.2) is 41.1 Å². The van der Waals surface area contributed by atoms with Gasteiger partial charge in [0.1, 0.15) is 0 Å². The normalized spacial score (nSPS) is 11.0. The SMILES string of the molecule is COc1cnn(-c2c(O)c3cc(-c4ccc(N(C)C)cc4)c(Cl)cc3[nH]c2=O)c1. The molecule has 0 amide bonds. The van der Waals surface area contributed by atoms with Crippen molar-refractivity contribution in [2.24, 2.45) is 0 Å². The van der Waals surface area contributed by atoms with Gasteiger partial charge in [-0.1, -0.05) is 23.7 Å². The number of fused-ring (bicyclic) bond motifs is 1. The zero-order valence-corrected chi connectivity index (χ0v) is 16.9. The number of aromatic hydroxyl groups is 1. The molecule has 4 aromatic rings. The highest BCUT2D eigenvalue weighted by Gasteiger charge is 2.17. The minimum atomic E-state index is -0.486. The lowest BCUT2D eigenvalue weighted by Crippen LogP contribution is -2.15. The maximum Gasteiger partial charge on any atom is 0.278 e. The van der Waals surface area contributed by atoms with Crippen LogP contribution in [0.15, 0.2) is 53.6 Å². The molecule has 2 aromatic heterocycles. The van der Waals surface area contributed by atoms with E-state index in [0.29, 0.717) is 21.7 Å². The molecule has 0 bridgehead atoms. The van der Waals surface area contributed by atoms with E-state index in [2.05, 4.69) is 10.1 Å². The molecule has 0 unspecified atom stereocenters. The molecule has 0 saturated carbocycles. The van der Waals surface area contributed by atoms with Gasteiger partial charge in [-0.3, -0.25) is 4.79 Å². The molecule has 0 aliphatic carbocycles. The molecule has 2 aromatic carbocycles. The first kappa shape index (κ1) is 18.9. The Morgan fingerprint density at radius 1 is 1.21 bits per heavy atom. The number of H-pyrrole nitrogens is 1. The number of aromatic amines is 1. The van der Waals surface area contributed by atoms with Gasteiger partial charge >= 0.3 is 0 Å². The molecular formula is C21H19ClN4O3.